The fraction of sp³-hybridized carbons (Fsp3) is 0.300. The molecule has 0 saturated carbocycles. The van der Waals surface area contributed by atoms with E-state index in [1.54, 1.807) is 12.1 Å². The van der Waals surface area contributed by atoms with Gasteiger partial charge in [0.15, 0.2) is 0 Å². The van der Waals surface area contributed by atoms with Gasteiger partial charge in [-0.1, -0.05) is 17.8 Å². The molecule has 5 nitrogen and oxygen atoms in total. The molecule has 1 aromatic rings. The molecule has 0 radical (unpaired) electrons. The van der Waals surface area contributed by atoms with Gasteiger partial charge >= 0.3 is 5.97 Å². The van der Waals surface area contributed by atoms with Crippen LogP contribution >= 0.6 is 23.1 Å². The van der Waals surface area contributed by atoms with Crippen molar-refractivity contribution in [2.75, 3.05) is 12.3 Å². The van der Waals surface area contributed by atoms with Gasteiger partial charge in [-0.2, -0.15) is 0 Å². The van der Waals surface area contributed by atoms with Gasteiger partial charge < -0.3 is 10.4 Å². The summed E-state index contributed by atoms with van der Waals surface area (Å²) < 4.78 is 0. The first-order chi connectivity index (χ1) is 8.09. The van der Waals surface area contributed by atoms with Crippen LogP contribution in [0.4, 0.5) is 0 Å². The van der Waals surface area contributed by atoms with E-state index in [4.69, 9.17) is 5.11 Å². The Morgan fingerprint density at radius 1 is 1.41 bits per heavy atom. The Hall–Kier alpha value is -1.34. The molecule has 92 valence electrons. The average Bonchev–Trinajstić information content (AvgIpc) is 2.79. The van der Waals surface area contributed by atoms with Crippen molar-refractivity contribution < 1.29 is 19.5 Å². The number of aliphatic carboxylic acids is 1. The van der Waals surface area contributed by atoms with E-state index >= 15 is 0 Å². The SMILES string of the molecule is O=C(O)CNC(=O)CCSC(=O)c1cccs1. The van der Waals surface area contributed by atoms with E-state index in [1.165, 1.54) is 11.3 Å². The summed E-state index contributed by atoms with van der Waals surface area (Å²) in [6.45, 7) is -0.387. The first-order valence-electron chi connectivity index (χ1n) is 4.78. The van der Waals surface area contributed by atoms with Gasteiger partial charge in [-0.25, -0.2) is 0 Å². The van der Waals surface area contributed by atoms with E-state index in [0.717, 1.165) is 11.8 Å². The zero-order valence-electron chi connectivity index (χ0n) is 8.84. The lowest BCUT2D eigenvalue weighted by Gasteiger charge is -2.01. The van der Waals surface area contributed by atoms with Crippen molar-refractivity contribution in [2.45, 2.75) is 6.42 Å². The predicted octanol–water partition coefficient (Wildman–Crippen LogP) is 1.21. The summed E-state index contributed by atoms with van der Waals surface area (Å²) >= 11 is 2.42. The number of carboxylic acid groups (broad SMARTS) is 1. The second-order valence-electron chi connectivity index (χ2n) is 3.03. The third-order valence-corrected chi connectivity index (χ3v) is 3.61. The quantitative estimate of drug-likeness (QED) is 0.814. The van der Waals surface area contributed by atoms with Crippen molar-refractivity contribution >= 4 is 40.1 Å². The molecule has 1 amide bonds. The Morgan fingerprint density at radius 2 is 2.18 bits per heavy atom. The highest BCUT2D eigenvalue weighted by atomic mass is 32.2. The Kier molecular flexibility index (Phi) is 5.71. The summed E-state index contributed by atoms with van der Waals surface area (Å²) in [4.78, 5) is 33.4. The van der Waals surface area contributed by atoms with Crippen LogP contribution in [0.2, 0.25) is 0 Å². The molecule has 0 aromatic carbocycles. The number of rotatable bonds is 6. The number of carbonyl (C=O) groups is 3. The van der Waals surface area contributed by atoms with Gasteiger partial charge in [-0.15, -0.1) is 11.3 Å². The van der Waals surface area contributed by atoms with Crippen LogP contribution in [-0.2, 0) is 9.59 Å². The second kappa shape index (κ2) is 7.08. The van der Waals surface area contributed by atoms with Crippen LogP contribution in [0.5, 0.6) is 0 Å². The van der Waals surface area contributed by atoms with Gasteiger partial charge in [0.25, 0.3) is 0 Å². The maximum Gasteiger partial charge on any atom is 0.322 e. The van der Waals surface area contributed by atoms with Gasteiger partial charge in [0.2, 0.25) is 11.0 Å². The van der Waals surface area contributed by atoms with E-state index in [2.05, 4.69) is 5.32 Å². The number of carboxylic acids is 1. The largest absolute Gasteiger partial charge is 0.480 e. The summed E-state index contributed by atoms with van der Waals surface area (Å²) in [5.74, 6) is -1.10. The monoisotopic (exact) mass is 273 g/mol. The molecular weight excluding hydrogens is 262 g/mol. The molecule has 7 heteroatoms. The Labute approximate surface area is 106 Å². The molecule has 0 fully saturated rings. The van der Waals surface area contributed by atoms with Crippen molar-refractivity contribution in [3.05, 3.63) is 22.4 Å². The van der Waals surface area contributed by atoms with Crippen LogP contribution in [0.25, 0.3) is 0 Å². The number of hydrogen-bond acceptors (Lipinski definition) is 5. The van der Waals surface area contributed by atoms with Gasteiger partial charge in [-0.3, -0.25) is 14.4 Å². The van der Waals surface area contributed by atoms with Crippen LogP contribution in [0.3, 0.4) is 0 Å². The molecule has 0 spiro atoms. The van der Waals surface area contributed by atoms with Gasteiger partial charge in [0, 0.05) is 12.2 Å². The third-order valence-electron chi connectivity index (χ3n) is 1.72. The summed E-state index contributed by atoms with van der Waals surface area (Å²) in [6, 6.07) is 3.52. The van der Waals surface area contributed by atoms with Crippen molar-refractivity contribution in [1.82, 2.24) is 5.32 Å². The molecule has 1 rings (SSSR count). The molecule has 0 aliphatic heterocycles. The predicted molar refractivity (Wildman–Crippen MR) is 66.4 cm³/mol. The molecule has 1 aromatic heterocycles. The lowest BCUT2D eigenvalue weighted by atomic mass is 10.4. The number of amides is 1. The van der Waals surface area contributed by atoms with Crippen LogP contribution in [-0.4, -0.2) is 34.4 Å². The zero-order valence-corrected chi connectivity index (χ0v) is 10.5. The molecule has 0 saturated heterocycles. The first kappa shape index (κ1) is 13.7. The molecule has 17 heavy (non-hydrogen) atoms. The topological polar surface area (TPSA) is 83.5 Å². The number of carbonyl (C=O) groups excluding carboxylic acids is 2. The van der Waals surface area contributed by atoms with Gasteiger partial charge in [0.05, 0.1) is 4.88 Å². The summed E-state index contributed by atoms with van der Waals surface area (Å²) in [5.41, 5.74) is 0. The first-order valence-corrected chi connectivity index (χ1v) is 6.65. The molecule has 2 N–H and O–H groups in total. The third kappa shape index (κ3) is 5.50. The highest BCUT2D eigenvalue weighted by molar-refractivity contribution is 8.14. The Bertz CT molecular complexity index is 402. The fourth-order valence-corrected chi connectivity index (χ4v) is 2.53. The minimum absolute atomic E-state index is 0.0639. The van der Waals surface area contributed by atoms with E-state index < -0.39 is 5.97 Å². The lowest BCUT2D eigenvalue weighted by Crippen LogP contribution is -2.29. The number of nitrogens with one attached hydrogen (secondary N) is 1. The van der Waals surface area contributed by atoms with Crippen molar-refractivity contribution in [3.63, 3.8) is 0 Å². The molecule has 0 aliphatic carbocycles. The summed E-state index contributed by atoms with van der Waals surface area (Å²) in [6.07, 6.45) is 0.134. The Morgan fingerprint density at radius 3 is 2.76 bits per heavy atom. The van der Waals surface area contributed by atoms with E-state index in [-0.39, 0.29) is 24.0 Å². The molecular formula is C10H11NO4S2. The maximum absolute atomic E-state index is 11.5. The van der Waals surface area contributed by atoms with E-state index in [0.29, 0.717) is 10.6 Å². The lowest BCUT2D eigenvalue weighted by molar-refractivity contribution is -0.137. The summed E-state index contributed by atoms with van der Waals surface area (Å²) in [7, 11) is 0. The van der Waals surface area contributed by atoms with Crippen LogP contribution in [0.1, 0.15) is 16.1 Å². The number of thioether (sulfide) groups is 1. The van der Waals surface area contributed by atoms with Crippen molar-refractivity contribution in [1.29, 1.82) is 0 Å². The molecule has 0 aliphatic rings. The van der Waals surface area contributed by atoms with E-state index in [1.807, 2.05) is 5.38 Å². The minimum Gasteiger partial charge on any atom is -0.480 e. The van der Waals surface area contributed by atoms with Crippen molar-refractivity contribution in [2.24, 2.45) is 0 Å². The number of hydrogen-bond donors (Lipinski definition) is 2. The highest BCUT2D eigenvalue weighted by Gasteiger charge is 2.09. The smallest absolute Gasteiger partial charge is 0.322 e. The normalized spacial score (nSPS) is 9.88. The number of thiophene rings is 1. The van der Waals surface area contributed by atoms with Gasteiger partial charge in [-0.05, 0) is 11.4 Å². The molecule has 0 unspecified atom stereocenters. The molecule has 1 heterocycles. The molecule has 0 bridgehead atoms. The average molecular weight is 273 g/mol. The second-order valence-corrected chi connectivity index (χ2v) is 5.05. The molecule has 0 atom stereocenters. The van der Waals surface area contributed by atoms with Crippen LogP contribution in [0, 0.1) is 0 Å². The standard InChI is InChI=1S/C10H11NO4S2/c12-8(11-6-9(13)14)3-5-17-10(15)7-2-1-4-16-7/h1-2,4H,3,5-6H2,(H,11,12)(H,13,14). The highest BCUT2D eigenvalue weighted by Crippen LogP contribution is 2.17. The zero-order chi connectivity index (χ0) is 12.7. The van der Waals surface area contributed by atoms with Crippen LogP contribution < -0.4 is 5.32 Å². The minimum atomic E-state index is -1.08. The van der Waals surface area contributed by atoms with Gasteiger partial charge in [0.1, 0.15) is 6.54 Å². The van der Waals surface area contributed by atoms with Crippen LogP contribution in [0.15, 0.2) is 17.5 Å². The van der Waals surface area contributed by atoms with E-state index in [9.17, 15) is 14.4 Å². The summed E-state index contributed by atoms with van der Waals surface area (Å²) in [5, 5.41) is 12.3. The Balaban J connectivity index is 2.17. The maximum atomic E-state index is 11.5. The fourth-order valence-electron chi connectivity index (χ4n) is 0.965. The van der Waals surface area contributed by atoms with Crippen molar-refractivity contribution in [3.8, 4) is 0 Å².